The predicted octanol–water partition coefficient (Wildman–Crippen LogP) is 4.54. The van der Waals surface area contributed by atoms with E-state index in [0.29, 0.717) is 17.6 Å². The van der Waals surface area contributed by atoms with Gasteiger partial charge >= 0.3 is 0 Å². The minimum absolute atomic E-state index is 0.274. The lowest BCUT2D eigenvalue weighted by Crippen LogP contribution is -2.18. The Bertz CT molecular complexity index is 974. The lowest BCUT2D eigenvalue weighted by atomic mass is 9.89. The first-order valence-corrected chi connectivity index (χ1v) is 9.98. The highest BCUT2D eigenvalue weighted by Gasteiger charge is 2.15. The summed E-state index contributed by atoms with van der Waals surface area (Å²) in [5.74, 6) is 1.79. The lowest BCUT2D eigenvalue weighted by Gasteiger charge is -2.23. The smallest absolute Gasteiger partial charge is 0.158 e. The average Bonchev–Trinajstić information content (AvgIpc) is 2.79. The molecule has 0 unspecified atom stereocenters. The number of anilines is 3. The number of hydrogen-bond acceptors (Lipinski definition) is 7. The van der Waals surface area contributed by atoms with Crippen molar-refractivity contribution < 1.29 is 0 Å². The number of aromatic nitrogens is 4. The molecule has 146 valence electrons. The summed E-state index contributed by atoms with van der Waals surface area (Å²) >= 11 is 0. The van der Waals surface area contributed by atoms with Crippen molar-refractivity contribution in [3.8, 4) is 17.3 Å². The van der Waals surface area contributed by atoms with Gasteiger partial charge in [-0.1, -0.05) is 49.6 Å². The van der Waals surface area contributed by atoms with Crippen LogP contribution in [0, 0.1) is 17.2 Å². The maximum atomic E-state index is 8.86. The van der Waals surface area contributed by atoms with Crippen molar-refractivity contribution in [3.05, 3.63) is 54.5 Å². The lowest BCUT2D eigenvalue weighted by molar-refractivity contribution is 0.373. The zero-order valence-electron chi connectivity index (χ0n) is 16.2. The second-order valence-corrected chi connectivity index (χ2v) is 7.27. The van der Waals surface area contributed by atoms with Crippen LogP contribution in [0.4, 0.5) is 17.3 Å². The zero-order valence-corrected chi connectivity index (χ0v) is 16.2. The Balaban J connectivity index is 1.57. The van der Waals surface area contributed by atoms with Crippen LogP contribution in [0.5, 0.6) is 0 Å². The van der Waals surface area contributed by atoms with E-state index < -0.39 is 0 Å². The quantitative estimate of drug-likeness (QED) is 0.642. The van der Waals surface area contributed by atoms with Gasteiger partial charge in [-0.3, -0.25) is 0 Å². The maximum absolute atomic E-state index is 8.86. The van der Waals surface area contributed by atoms with Gasteiger partial charge in [-0.15, -0.1) is 10.2 Å². The second-order valence-electron chi connectivity index (χ2n) is 7.27. The largest absolute Gasteiger partial charge is 0.383 e. The van der Waals surface area contributed by atoms with Gasteiger partial charge in [0.1, 0.15) is 17.6 Å². The van der Waals surface area contributed by atoms with E-state index in [9.17, 15) is 0 Å². The summed E-state index contributed by atoms with van der Waals surface area (Å²) in [4.78, 5) is 8.22. The molecule has 0 aliphatic heterocycles. The van der Waals surface area contributed by atoms with Gasteiger partial charge in [-0.05, 0) is 18.8 Å². The van der Waals surface area contributed by atoms with Gasteiger partial charge in [-0.25, -0.2) is 9.97 Å². The molecule has 1 fully saturated rings. The van der Waals surface area contributed by atoms with E-state index in [-0.39, 0.29) is 5.69 Å². The highest BCUT2D eigenvalue weighted by molar-refractivity contribution is 5.76. The van der Waals surface area contributed by atoms with Crippen LogP contribution in [0.3, 0.4) is 0 Å². The van der Waals surface area contributed by atoms with Crippen LogP contribution in [-0.4, -0.2) is 26.7 Å². The molecule has 0 radical (unpaired) electrons. The monoisotopic (exact) mass is 385 g/mol. The molecular formula is C22H23N7. The zero-order chi connectivity index (χ0) is 19.9. The minimum atomic E-state index is 0.274. The van der Waals surface area contributed by atoms with Crippen molar-refractivity contribution in [2.45, 2.75) is 32.1 Å². The summed E-state index contributed by atoms with van der Waals surface area (Å²) < 4.78 is 0. The Hall–Kier alpha value is -3.53. The van der Waals surface area contributed by atoms with Crippen LogP contribution < -0.4 is 10.6 Å². The van der Waals surface area contributed by atoms with Crippen molar-refractivity contribution >= 4 is 17.3 Å². The van der Waals surface area contributed by atoms with Crippen molar-refractivity contribution in [2.75, 3.05) is 17.2 Å². The number of hydrogen-bond donors (Lipinski definition) is 2. The van der Waals surface area contributed by atoms with E-state index in [0.717, 1.165) is 23.5 Å². The van der Waals surface area contributed by atoms with Crippen molar-refractivity contribution in [2.24, 2.45) is 5.92 Å². The van der Waals surface area contributed by atoms with E-state index in [4.69, 9.17) is 5.26 Å². The highest BCUT2D eigenvalue weighted by Crippen LogP contribution is 2.29. The molecule has 1 aliphatic carbocycles. The second kappa shape index (κ2) is 9.11. The molecule has 2 N–H and O–H groups in total. The molecule has 2 heterocycles. The molecule has 0 spiro atoms. The van der Waals surface area contributed by atoms with Crippen LogP contribution in [-0.2, 0) is 0 Å². The fraction of sp³-hybridized carbons (Fsp3) is 0.318. The van der Waals surface area contributed by atoms with Crippen LogP contribution in [0.1, 0.15) is 37.8 Å². The summed E-state index contributed by atoms with van der Waals surface area (Å²) in [6.45, 7) is 0.932. The van der Waals surface area contributed by atoms with Gasteiger partial charge in [0.15, 0.2) is 11.5 Å². The molecule has 0 amide bonds. The normalized spacial score (nSPS) is 14.2. The topological polar surface area (TPSA) is 99.4 Å². The molecule has 3 aromatic rings. The van der Waals surface area contributed by atoms with Crippen molar-refractivity contribution in [1.29, 1.82) is 5.26 Å². The Morgan fingerprint density at radius 2 is 1.79 bits per heavy atom. The molecule has 2 aromatic heterocycles. The fourth-order valence-corrected chi connectivity index (χ4v) is 3.62. The van der Waals surface area contributed by atoms with Crippen LogP contribution >= 0.6 is 0 Å². The fourth-order valence-electron chi connectivity index (χ4n) is 3.62. The number of benzene rings is 1. The number of rotatable bonds is 6. The third-order valence-corrected chi connectivity index (χ3v) is 5.17. The van der Waals surface area contributed by atoms with Crippen LogP contribution in [0.15, 0.2) is 48.8 Å². The molecule has 7 nitrogen and oxygen atoms in total. The first-order chi connectivity index (χ1) is 14.3. The van der Waals surface area contributed by atoms with Crippen LogP contribution in [0.2, 0.25) is 0 Å². The molecular weight excluding hydrogens is 362 g/mol. The Kier molecular flexibility index (Phi) is 5.91. The summed E-state index contributed by atoms with van der Waals surface area (Å²) in [5.41, 5.74) is 3.07. The van der Waals surface area contributed by atoms with Gasteiger partial charge < -0.3 is 10.6 Å². The maximum Gasteiger partial charge on any atom is 0.158 e. The molecule has 29 heavy (non-hydrogen) atoms. The molecule has 0 saturated heterocycles. The SMILES string of the molecule is N#Cc1cnc(Nc2cc(NCC3CCCCC3)c(-c3ccccc3)nn2)cn1. The Labute approximate surface area is 170 Å². The first-order valence-electron chi connectivity index (χ1n) is 9.98. The third-order valence-electron chi connectivity index (χ3n) is 5.17. The Morgan fingerprint density at radius 1 is 0.966 bits per heavy atom. The van der Waals surface area contributed by atoms with Gasteiger partial charge in [0.05, 0.1) is 18.1 Å². The van der Waals surface area contributed by atoms with E-state index in [1.165, 1.54) is 44.5 Å². The number of nitrogens with zero attached hydrogens (tertiary/aromatic N) is 5. The minimum Gasteiger partial charge on any atom is -0.383 e. The highest BCUT2D eigenvalue weighted by atomic mass is 15.2. The van der Waals surface area contributed by atoms with Gasteiger partial charge in [0.2, 0.25) is 0 Å². The third kappa shape index (κ3) is 4.85. The molecule has 1 saturated carbocycles. The molecule has 1 aromatic carbocycles. The summed E-state index contributed by atoms with van der Waals surface area (Å²) in [6.07, 6.45) is 9.47. The van der Waals surface area contributed by atoms with Gasteiger partial charge in [0.25, 0.3) is 0 Å². The number of nitriles is 1. The molecule has 4 rings (SSSR count). The summed E-state index contributed by atoms with van der Waals surface area (Å²) in [7, 11) is 0. The van der Waals surface area contributed by atoms with E-state index in [1.54, 1.807) is 0 Å². The molecule has 0 atom stereocenters. The van der Waals surface area contributed by atoms with Gasteiger partial charge in [0, 0.05) is 18.2 Å². The average molecular weight is 385 g/mol. The van der Waals surface area contributed by atoms with E-state index in [2.05, 4.69) is 30.8 Å². The standard InChI is InChI=1S/C22H23N7/c23-12-18-14-26-21(15-24-18)27-20-11-19(25-13-16-7-3-1-4-8-16)22(29-28-20)17-9-5-2-6-10-17/h2,5-6,9-11,14-16H,1,3-4,7-8,13H2,(H2,25,26,27,28). The Morgan fingerprint density at radius 3 is 2.52 bits per heavy atom. The molecule has 0 bridgehead atoms. The van der Waals surface area contributed by atoms with Gasteiger partial charge in [-0.2, -0.15) is 5.26 Å². The van der Waals surface area contributed by atoms with E-state index >= 15 is 0 Å². The summed E-state index contributed by atoms with van der Waals surface area (Å²) in [6, 6.07) is 14.0. The van der Waals surface area contributed by atoms with Crippen LogP contribution in [0.25, 0.3) is 11.3 Å². The molecule has 1 aliphatic rings. The predicted molar refractivity (Wildman–Crippen MR) is 113 cm³/mol. The van der Waals surface area contributed by atoms with Crippen molar-refractivity contribution in [3.63, 3.8) is 0 Å². The number of nitrogens with one attached hydrogen (secondary N) is 2. The van der Waals surface area contributed by atoms with Crippen molar-refractivity contribution in [1.82, 2.24) is 20.2 Å². The molecule has 7 heteroatoms. The first kappa shape index (κ1) is 18.8. The van der Waals surface area contributed by atoms with E-state index in [1.807, 2.05) is 42.5 Å². The summed E-state index contributed by atoms with van der Waals surface area (Å²) in [5, 5.41) is 24.4.